The van der Waals surface area contributed by atoms with Crippen LogP contribution in [0.3, 0.4) is 0 Å². The van der Waals surface area contributed by atoms with Crippen molar-refractivity contribution in [3.05, 3.63) is 12.2 Å². The van der Waals surface area contributed by atoms with Gasteiger partial charge in [-0.15, -0.1) is 0 Å². The minimum Gasteiger partial charge on any atom is -0.384 e. The Kier molecular flexibility index (Phi) is 5.98. The highest BCUT2D eigenvalue weighted by Gasteiger charge is 2.14. The van der Waals surface area contributed by atoms with E-state index in [0.29, 0.717) is 25.4 Å². The quantitative estimate of drug-likeness (QED) is 0.708. The molecule has 1 aromatic heterocycles. The van der Waals surface area contributed by atoms with Crippen LogP contribution in [-0.2, 0) is 22.5 Å². The van der Waals surface area contributed by atoms with Crippen LogP contribution in [0.2, 0.25) is 0 Å². The van der Waals surface area contributed by atoms with Gasteiger partial charge in [-0.25, -0.2) is 9.67 Å². The Hall–Kier alpha value is -1.23. The summed E-state index contributed by atoms with van der Waals surface area (Å²) in [5.41, 5.74) is 0. The summed E-state index contributed by atoms with van der Waals surface area (Å²) in [7, 11) is 1.65. The van der Waals surface area contributed by atoms with Crippen molar-refractivity contribution in [1.82, 2.24) is 14.8 Å². The van der Waals surface area contributed by atoms with Gasteiger partial charge in [0.2, 0.25) is 0 Å². The largest absolute Gasteiger partial charge is 0.384 e. The molecule has 5 nitrogen and oxygen atoms in total. The Morgan fingerprint density at radius 1 is 1.44 bits per heavy atom. The number of ketones is 1. The van der Waals surface area contributed by atoms with Crippen LogP contribution in [0.5, 0.6) is 0 Å². The van der Waals surface area contributed by atoms with Crippen molar-refractivity contribution in [2.75, 3.05) is 13.7 Å². The van der Waals surface area contributed by atoms with Gasteiger partial charge in [-0.05, 0) is 11.8 Å². The molecule has 1 atom stereocenters. The third kappa shape index (κ3) is 4.96. The molecule has 0 amide bonds. The van der Waals surface area contributed by atoms with E-state index in [1.807, 2.05) is 11.6 Å². The first-order valence-electron chi connectivity index (χ1n) is 6.40. The second-order valence-electron chi connectivity index (χ2n) is 5.23. The van der Waals surface area contributed by atoms with Gasteiger partial charge in [-0.1, -0.05) is 20.8 Å². The molecular weight excluding hydrogens is 230 g/mol. The summed E-state index contributed by atoms with van der Waals surface area (Å²) in [4.78, 5) is 16.1. The second kappa shape index (κ2) is 7.26. The van der Waals surface area contributed by atoms with Crippen molar-refractivity contribution in [2.45, 2.75) is 40.2 Å². The smallest absolute Gasteiger partial charge is 0.140 e. The molecule has 0 N–H and O–H groups in total. The summed E-state index contributed by atoms with van der Waals surface area (Å²) in [5, 5.41) is 4.15. The van der Waals surface area contributed by atoms with E-state index in [0.717, 1.165) is 12.4 Å². The fourth-order valence-corrected chi connectivity index (χ4v) is 1.90. The molecule has 1 rings (SSSR count). The van der Waals surface area contributed by atoms with Crippen molar-refractivity contribution < 1.29 is 9.53 Å². The summed E-state index contributed by atoms with van der Waals surface area (Å²) < 4.78 is 6.85. The highest BCUT2D eigenvalue weighted by Crippen LogP contribution is 2.07. The molecule has 0 fully saturated rings. The minimum atomic E-state index is 0.192. The molecule has 0 aliphatic heterocycles. The van der Waals surface area contributed by atoms with E-state index in [4.69, 9.17) is 4.74 Å². The van der Waals surface area contributed by atoms with Crippen LogP contribution >= 0.6 is 0 Å². The van der Waals surface area contributed by atoms with Crippen LogP contribution in [0.25, 0.3) is 0 Å². The molecule has 102 valence electrons. The van der Waals surface area contributed by atoms with E-state index in [2.05, 4.69) is 23.9 Å². The lowest BCUT2D eigenvalue weighted by Gasteiger charge is -2.10. The molecule has 0 bridgehead atoms. The van der Waals surface area contributed by atoms with E-state index >= 15 is 0 Å². The molecule has 0 saturated heterocycles. The number of Topliss-reactive ketones (excluding diaryl/α,β-unsaturated/α-hetero) is 1. The highest BCUT2D eigenvalue weighted by molar-refractivity contribution is 5.80. The predicted octanol–water partition coefficient (Wildman–Crippen LogP) is 1.72. The monoisotopic (exact) mass is 253 g/mol. The fourth-order valence-electron chi connectivity index (χ4n) is 1.90. The Morgan fingerprint density at radius 2 is 2.17 bits per heavy atom. The van der Waals surface area contributed by atoms with Crippen molar-refractivity contribution in [3.8, 4) is 0 Å². The van der Waals surface area contributed by atoms with Crippen LogP contribution in [0.15, 0.2) is 6.33 Å². The van der Waals surface area contributed by atoms with Crippen LogP contribution in [-0.4, -0.2) is 34.3 Å². The Bertz CT molecular complexity index is 374. The van der Waals surface area contributed by atoms with Gasteiger partial charge in [0.25, 0.3) is 0 Å². The summed E-state index contributed by atoms with van der Waals surface area (Å²) in [6, 6.07) is 0. The van der Waals surface area contributed by atoms with Gasteiger partial charge in [0.05, 0.1) is 6.42 Å². The Balaban J connectivity index is 2.51. The predicted molar refractivity (Wildman–Crippen MR) is 69.2 cm³/mol. The number of carbonyl (C=O) groups excluding carboxylic acids is 1. The van der Waals surface area contributed by atoms with Crippen LogP contribution < -0.4 is 0 Å². The molecule has 0 aliphatic rings. The molecular formula is C13H23N3O2. The summed E-state index contributed by atoms with van der Waals surface area (Å²) in [6.07, 6.45) is 2.41. The number of ether oxygens (including phenoxy) is 1. The second-order valence-corrected chi connectivity index (χ2v) is 5.23. The van der Waals surface area contributed by atoms with Crippen LogP contribution in [0.1, 0.15) is 33.0 Å². The third-order valence-electron chi connectivity index (χ3n) is 2.62. The standard InChI is InChI=1S/C13H23N3O2/c1-10(2)7-16-13(14-9-15-16)6-12(17)5-11(3)8-18-4/h9-11H,5-8H2,1-4H3. The number of nitrogens with zero attached hydrogens (tertiary/aromatic N) is 3. The topological polar surface area (TPSA) is 57.0 Å². The fraction of sp³-hybridized carbons (Fsp3) is 0.769. The maximum Gasteiger partial charge on any atom is 0.140 e. The number of aromatic nitrogens is 3. The zero-order valence-electron chi connectivity index (χ0n) is 11.7. The molecule has 0 aromatic carbocycles. The molecule has 5 heteroatoms. The lowest BCUT2D eigenvalue weighted by Crippen LogP contribution is -2.17. The van der Waals surface area contributed by atoms with Crippen LogP contribution in [0.4, 0.5) is 0 Å². The lowest BCUT2D eigenvalue weighted by atomic mass is 10.0. The maximum atomic E-state index is 11.9. The first-order chi connectivity index (χ1) is 8.52. The van der Waals surface area contributed by atoms with Crippen molar-refractivity contribution in [3.63, 3.8) is 0 Å². The summed E-state index contributed by atoms with van der Waals surface area (Å²) >= 11 is 0. The van der Waals surface area contributed by atoms with Crippen molar-refractivity contribution >= 4 is 5.78 Å². The molecule has 1 unspecified atom stereocenters. The highest BCUT2D eigenvalue weighted by atomic mass is 16.5. The van der Waals surface area contributed by atoms with E-state index in [1.54, 1.807) is 7.11 Å². The normalized spacial score (nSPS) is 12.9. The van der Waals surface area contributed by atoms with Gasteiger partial charge >= 0.3 is 0 Å². The van der Waals surface area contributed by atoms with Crippen LogP contribution in [0, 0.1) is 11.8 Å². The zero-order chi connectivity index (χ0) is 13.5. The molecule has 0 spiro atoms. The number of carbonyl (C=O) groups is 1. The number of hydrogen-bond donors (Lipinski definition) is 0. The molecule has 18 heavy (non-hydrogen) atoms. The SMILES string of the molecule is COCC(C)CC(=O)Cc1ncnn1CC(C)C. The third-order valence-corrected chi connectivity index (χ3v) is 2.62. The average Bonchev–Trinajstić information content (AvgIpc) is 2.64. The van der Waals surface area contributed by atoms with E-state index < -0.39 is 0 Å². The molecule has 1 heterocycles. The molecule has 0 radical (unpaired) electrons. The van der Waals surface area contributed by atoms with Gasteiger partial charge in [0.15, 0.2) is 0 Å². The van der Waals surface area contributed by atoms with Gasteiger partial charge in [-0.2, -0.15) is 5.10 Å². The first kappa shape index (κ1) is 14.8. The number of hydrogen-bond acceptors (Lipinski definition) is 4. The number of rotatable bonds is 8. The van der Waals surface area contributed by atoms with Gasteiger partial charge < -0.3 is 4.74 Å². The van der Waals surface area contributed by atoms with Gasteiger partial charge in [-0.3, -0.25) is 4.79 Å². The van der Waals surface area contributed by atoms with Gasteiger partial charge in [0.1, 0.15) is 17.9 Å². The summed E-state index contributed by atoms with van der Waals surface area (Å²) in [6.45, 7) is 7.67. The minimum absolute atomic E-state index is 0.192. The summed E-state index contributed by atoms with van der Waals surface area (Å²) in [5.74, 6) is 1.70. The van der Waals surface area contributed by atoms with E-state index in [9.17, 15) is 4.79 Å². The maximum absolute atomic E-state index is 11.9. The molecule has 1 aromatic rings. The first-order valence-corrected chi connectivity index (χ1v) is 6.40. The Morgan fingerprint density at radius 3 is 2.78 bits per heavy atom. The van der Waals surface area contributed by atoms with Crippen molar-refractivity contribution in [2.24, 2.45) is 11.8 Å². The van der Waals surface area contributed by atoms with Crippen molar-refractivity contribution in [1.29, 1.82) is 0 Å². The van der Waals surface area contributed by atoms with E-state index in [1.165, 1.54) is 6.33 Å². The van der Waals surface area contributed by atoms with E-state index in [-0.39, 0.29) is 11.7 Å². The zero-order valence-corrected chi connectivity index (χ0v) is 11.7. The average molecular weight is 253 g/mol. The Labute approximate surface area is 109 Å². The molecule has 0 saturated carbocycles. The lowest BCUT2D eigenvalue weighted by molar-refractivity contribution is -0.119. The number of methoxy groups -OCH3 is 1. The molecule has 0 aliphatic carbocycles. The van der Waals surface area contributed by atoms with Gasteiger partial charge in [0, 0.05) is 26.7 Å².